The average Bonchev–Trinajstić information content (AvgIpc) is 2.81. The van der Waals surface area contributed by atoms with Gasteiger partial charge in [0.05, 0.1) is 34.9 Å². The first-order valence-electron chi connectivity index (χ1n) is 7.22. The van der Waals surface area contributed by atoms with Crippen LogP contribution in [0, 0.1) is 0 Å². The number of likely N-dealkylation sites (N-methyl/N-ethyl adjacent to an activating group) is 1. The summed E-state index contributed by atoms with van der Waals surface area (Å²) in [7, 11) is -0.778. The van der Waals surface area contributed by atoms with Crippen molar-refractivity contribution < 1.29 is 22.7 Å². The Labute approximate surface area is 134 Å². The molecule has 122 valence electrons. The summed E-state index contributed by atoms with van der Waals surface area (Å²) in [6, 6.07) is 6.91. The number of rotatable bonds is 3. The zero-order valence-electron chi connectivity index (χ0n) is 12.8. The van der Waals surface area contributed by atoms with Crippen LogP contribution in [0.4, 0.5) is 0 Å². The second-order valence-electron chi connectivity index (χ2n) is 5.75. The molecule has 0 spiro atoms. The highest BCUT2D eigenvalue weighted by molar-refractivity contribution is 7.92. The van der Waals surface area contributed by atoms with Gasteiger partial charge in [-0.25, -0.2) is 13.2 Å². The molecule has 0 unspecified atom stereocenters. The summed E-state index contributed by atoms with van der Waals surface area (Å²) in [5.41, 5.74) is 0.109. The standard InChI is InChI=1S/C16H17NO5S/c1-17-12-9-14(23(20,21)10-6-4-3-5-7-10)15(17)11(8-13(12)18)16(19)22-2/h3-8,12,14-15H,9H2,1-2H3/t12-,14+,15-/m1/s1. The lowest BCUT2D eigenvalue weighted by molar-refractivity contribution is -0.137. The minimum absolute atomic E-state index is 0.109. The number of carbonyl (C=O) groups is 2. The number of esters is 1. The van der Waals surface area contributed by atoms with E-state index in [1.807, 2.05) is 0 Å². The first-order valence-corrected chi connectivity index (χ1v) is 8.77. The quantitative estimate of drug-likeness (QED) is 0.752. The van der Waals surface area contributed by atoms with Gasteiger partial charge in [0.2, 0.25) is 0 Å². The van der Waals surface area contributed by atoms with Crippen molar-refractivity contribution in [2.24, 2.45) is 0 Å². The molecule has 1 aromatic rings. The Morgan fingerprint density at radius 2 is 1.91 bits per heavy atom. The number of sulfone groups is 1. The van der Waals surface area contributed by atoms with Gasteiger partial charge in [-0.1, -0.05) is 18.2 Å². The predicted octanol–water partition coefficient (Wildman–Crippen LogP) is 0.584. The summed E-state index contributed by atoms with van der Waals surface area (Å²) < 4.78 is 30.7. The summed E-state index contributed by atoms with van der Waals surface area (Å²) in [6.07, 6.45) is 1.41. The van der Waals surface area contributed by atoms with Crippen LogP contribution in [0.15, 0.2) is 46.9 Å². The molecule has 0 N–H and O–H groups in total. The topological polar surface area (TPSA) is 80.8 Å². The van der Waals surface area contributed by atoms with Crippen molar-refractivity contribution in [3.63, 3.8) is 0 Å². The largest absolute Gasteiger partial charge is 0.466 e. The number of carbonyl (C=O) groups excluding carboxylic acids is 2. The number of benzene rings is 1. The van der Waals surface area contributed by atoms with E-state index in [2.05, 4.69) is 0 Å². The molecule has 7 heteroatoms. The molecular formula is C16H17NO5S. The van der Waals surface area contributed by atoms with E-state index >= 15 is 0 Å². The second kappa shape index (κ2) is 5.58. The van der Waals surface area contributed by atoms with E-state index in [-0.39, 0.29) is 22.7 Å². The first-order chi connectivity index (χ1) is 10.9. The molecule has 6 nitrogen and oxygen atoms in total. The van der Waals surface area contributed by atoms with Crippen LogP contribution in [0.25, 0.3) is 0 Å². The maximum Gasteiger partial charge on any atom is 0.335 e. The molecule has 0 aromatic heterocycles. The molecule has 2 aliphatic heterocycles. The molecular weight excluding hydrogens is 318 g/mol. The van der Waals surface area contributed by atoms with Crippen molar-refractivity contribution in [2.45, 2.75) is 28.6 Å². The number of fused-ring (bicyclic) bond motifs is 2. The van der Waals surface area contributed by atoms with Gasteiger partial charge < -0.3 is 4.74 Å². The summed E-state index contributed by atoms with van der Waals surface area (Å²) in [5, 5.41) is -0.850. The van der Waals surface area contributed by atoms with E-state index in [1.54, 1.807) is 30.1 Å². The van der Waals surface area contributed by atoms with Crippen molar-refractivity contribution in [1.82, 2.24) is 4.90 Å². The summed E-state index contributed by atoms with van der Waals surface area (Å²) in [4.78, 5) is 26.0. The number of methoxy groups -OCH3 is 1. The van der Waals surface area contributed by atoms with Crippen molar-refractivity contribution in [3.8, 4) is 0 Å². The lowest BCUT2D eigenvalue weighted by Crippen LogP contribution is -2.46. The Morgan fingerprint density at radius 3 is 2.52 bits per heavy atom. The summed E-state index contributed by atoms with van der Waals surface area (Å²) >= 11 is 0. The number of nitrogens with zero attached hydrogens (tertiary/aromatic N) is 1. The number of hydrogen-bond donors (Lipinski definition) is 0. The van der Waals surface area contributed by atoms with E-state index < -0.39 is 33.1 Å². The molecule has 0 radical (unpaired) electrons. The summed E-state index contributed by atoms with van der Waals surface area (Å²) in [5.74, 6) is -0.918. The molecule has 3 rings (SSSR count). The molecule has 1 fully saturated rings. The smallest absolute Gasteiger partial charge is 0.335 e. The van der Waals surface area contributed by atoms with Crippen LogP contribution in [0.3, 0.4) is 0 Å². The SMILES string of the molecule is COC(=O)C1=CC(=O)[C@H]2C[C@H](S(=O)(=O)c3ccccc3)[C@@H]1N2C. The van der Waals surface area contributed by atoms with Crippen LogP contribution in [0.2, 0.25) is 0 Å². The van der Waals surface area contributed by atoms with Crippen LogP contribution < -0.4 is 0 Å². The Hall–Kier alpha value is -1.99. The van der Waals surface area contributed by atoms with Gasteiger partial charge in [-0.05, 0) is 31.7 Å². The Balaban J connectivity index is 2.08. The van der Waals surface area contributed by atoms with Crippen LogP contribution in [0.1, 0.15) is 6.42 Å². The average molecular weight is 335 g/mol. The zero-order chi connectivity index (χ0) is 16.8. The van der Waals surface area contributed by atoms with E-state index in [0.29, 0.717) is 0 Å². The number of ether oxygens (including phenoxy) is 1. The van der Waals surface area contributed by atoms with E-state index in [0.717, 1.165) is 0 Å². The predicted molar refractivity (Wildman–Crippen MR) is 82.5 cm³/mol. The monoisotopic (exact) mass is 335 g/mol. The van der Waals surface area contributed by atoms with Gasteiger partial charge in [-0.3, -0.25) is 9.69 Å². The molecule has 23 heavy (non-hydrogen) atoms. The van der Waals surface area contributed by atoms with Gasteiger partial charge in [0.25, 0.3) is 0 Å². The van der Waals surface area contributed by atoms with Gasteiger partial charge in [-0.2, -0.15) is 0 Å². The number of ketones is 1. The van der Waals surface area contributed by atoms with E-state index in [9.17, 15) is 18.0 Å². The van der Waals surface area contributed by atoms with Gasteiger partial charge in [0, 0.05) is 0 Å². The van der Waals surface area contributed by atoms with Gasteiger partial charge >= 0.3 is 5.97 Å². The third-order valence-corrected chi connectivity index (χ3v) is 6.75. The van der Waals surface area contributed by atoms with Crippen LogP contribution in [-0.4, -0.2) is 56.6 Å². The van der Waals surface area contributed by atoms with Crippen molar-refractivity contribution in [1.29, 1.82) is 0 Å². The molecule has 1 aromatic carbocycles. The Kier molecular flexibility index (Phi) is 3.85. The molecule has 0 aliphatic carbocycles. The molecule has 2 aliphatic rings. The van der Waals surface area contributed by atoms with Crippen molar-refractivity contribution in [3.05, 3.63) is 42.0 Å². The van der Waals surface area contributed by atoms with Crippen LogP contribution in [0.5, 0.6) is 0 Å². The maximum atomic E-state index is 13.0. The third-order valence-electron chi connectivity index (χ3n) is 4.57. The molecule has 0 amide bonds. The second-order valence-corrected chi connectivity index (χ2v) is 7.92. The van der Waals surface area contributed by atoms with Gasteiger partial charge in [0.1, 0.15) is 0 Å². The zero-order valence-corrected chi connectivity index (χ0v) is 13.6. The van der Waals surface area contributed by atoms with Crippen LogP contribution in [-0.2, 0) is 24.2 Å². The highest BCUT2D eigenvalue weighted by atomic mass is 32.2. The molecule has 3 atom stereocenters. The van der Waals surface area contributed by atoms with Crippen molar-refractivity contribution >= 4 is 21.6 Å². The van der Waals surface area contributed by atoms with Crippen LogP contribution >= 0.6 is 0 Å². The lowest BCUT2D eigenvalue weighted by Gasteiger charge is -2.30. The first kappa shape index (κ1) is 15.9. The Bertz CT molecular complexity index is 784. The minimum Gasteiger partial charge on any atom is -0.466 e. The molecule has 0 saturated carbocycles. The fourth-order valence-electron chi connectivity index (χ4n) is 3.42. The molecule has 2 heterocycles. The van der Waals surface area contributed by atoms with Crippen molar-refractivity contribution in [2.75, 3.05) is 14.2 Å². The number of hydrogen-bond acceptors (Lipinski definition) is 6. The highest BCUT2D eigenvalue weighted by Gasteiger charge is 2.53. The minimum atomic E-state index is -3.67. The fraction of sp³-hybridized carbons (Fsp3) is 0.375. The maximum absolute atomic E-state index is 13.0. The summed E-state index contributed by atoms with van der Waals surface area (Å²) in [6.45, 7) is 0. The lowest BCUT2D eigenvalue weighted by atomic mass is 10.0. The fourth-order valence-corrected chi connectivity index (χ4v) is 5.42. The third kappa shape index (κ3) is 2.40. The molecule has 2 bridgehead atoms. The van der Waals surface area contributed by atoms with Gasteiger partial charge in [-0.15, -0.1) is 0 Å². The Morgan fingerprint density at radius 1 is 1.26 bits per heavy atom. The normalized spacial score (nSPS) is 27.7. The highest BCUT2D eigenvalue weighted by Crippen LogP contribution is 2.39. The van der Waals surface area contributed by atoms with E-state index in [1.165, 1.54) is 25.3 Å². The van der Waals surface area contributed by atoms with E-state index in [4.69, 9.17) is 4.74 Å². The van der Waals surface area contributed by atoms with Gasteiger partial charge in [0.15, 0.2) is 15.6 Å². The molecule has 1 saturated heterocycles.